The number of hydrogen-bond acceptors (Lipinski definition) is 7. The van der Waals surface area contributed by atoms with Crippen LogP contribution in [0.5, 0.6) is 5.75 Å². The second kappa shape index (κ2) is 16.7. The summed E-state index contributed by atoms with van der Waals surface area (Å²) in [4.78, 5) is 47.2. The number of benzene rings is 3. The van der Waals surface area contributed by atoms with E-state index in [-0.39, 0.29) is 30.0 Å². The van der Waals surface area contributed by atoms with Crippen molar-refractivity contribution in [3.63, 3.8) is 0 Å². The van der Waals surface area contributed by atoms with E-state index in [0.717, 1.165) is 74.2 Å². The molecule has 0 saturated carbocycles. The molecule has 11 heteroatoms. The van der Waals surface area contributed by atoms with E-state index in [1.165, 1.54) is 0 Å². The quantitative estimate of drug-likeness (QED) is 0.115. The second-order valence-corrected chi connectivity index (χ2v) is 17.2. The van der Waals surface area contributed by atoms with Crippen LogP contribution in [0.3, 0.4) is 0 Å². The third-order valence-corrected chi connectivity index (χ3v) is 10.8. The molecule has 0 aliphatic carbocycles. The van der Waals surface area contributed by atoms with Gasteiger partial charge in [0, 0.05) is 38.1 Å². The zero-order valence-corrected chi connectivity index (χ0v) is 35.1. The van der Waals surface area contributed by atoms with Crippen molar-refractivity contribution < 1.29 is 23.8 Å². The van der Waals surface area contributed by atoms with Gasteiger partial charge in [0.15, 0.2) is 0 Å². The summed E-state index contributed by atoms with van der Waals surface area (Å²) in [5, 5.41) is 2.02. The van der Waals surface area contributed by atoms with Gasteiger partial charge in [0.05, 0.1) is 41.6 Å². The van der Waals surface area contributed by atoms with Crippen LogP contribution in [-0.4, -0.2) is 74.6 Å². The minimum Gasteiger partial charge on any atom is -0.488 e. The Morgan fingerprint density at radius 3 is 2.43 bits per heavy atom. The van der Waals surface area contributed by atoms with E-state index in [4.69, 9.17) is 24.2 Å². The van der Waals surface area contributed by atoms with Crippen molar-refractivity contribution in [2.24, 2.45) is 17.8 Å². The summed E-state index contributed by atoms with van der Waals surface area (Å²) in [6.07, 6.45) is 3.82. The molecule has 2 N–H and O–H groups in total. The Labute approximate surface area is 331 Å². The molecule has 1 aliphatic rings. The number of methoxy groups -OCH3 is 1. The van der Waals surface area contributed by atoms with Crippen LogP contribution < -0.4 is 4.74 Å². The smallest absolute Gasteiger partial charge is 0.410 e. The zero-order chi connectivity index (χ0) is 40.5. The number of fused-ring (bicyclic) bond motifs is 6. The zero-order valence-electron chi connectivity index (χ0n) is 35.1. The minimum atomic E-state index is -0.630. The van der Waals surface area contributed by atoms with Gasteiger partial charge in [0.1, 0.15) is 29.6 Å². The minimum absolute atomic E-state index is 0.102. The van der Waals surface area contributed by atoms with Crippen molar-refractivity contribution in [1.29, 1.82) is 0 Å². The van der Waals surface area contributed by atoms with Gasteiger partial charge in [0.2, 0.25) is 5.91 Å². The Bertz CT molecular complexity index is 2180. The maximum Gasteiger partial charge on any atom is 0.410 e. The van der Waals surface area contributed by atoms with Crippen molar-refractivity contribution in [2.45, 2.75) is 106 Å². The Balaban J connectivity index is 1.28. The predicted molar refractivity (Wildman–Crippen MR) is 222 cm³/mol. The molecule has 56 heavy (non-hydrogen) atoms. The number of hydrogen-bond donors (Lipinski definition) is 2. The fourth-order valence-electron chi connectivity index (χ4n) is 7.52. The molecule has 4 atom stereocenters. The van der Waals surface area contributed by atoms with E-state index in [1.807, 2.05) is 51.9 Å². The first-order valence-corrected chi connectivity index (χ1v) is 20.1. The Kier molecular flexibility index (Phi) is 12.1. The molecule has 11 nitrogen and oxygen atoms in total. The average molecular weight is 765 g/mol. The van der Waals surface area contributed by atoms with E-state index in [1.54, 1.807) is 12.0 Å². The standard InChI is InChI=1S/C45H60N6O5/c1-12-27(4)18-40(52)50(10)38(17-26(2)3)43-46-22-37(48-43)31-13-15-33-32(19-31)25-55-39-21-34-30(20-35(33)39)14-16-36-41(34)49-42(47-36)29(6)51(23-28(5)24-54-11)44(53)56-45(7,8)9/h13-16,19-22,26-29,38H,12,17-18,23-25H2,1-11H3,(H,46,48)(H,47,49). The number of aromatic nitrogens is 4. The Morgan fingerprint density at radius 2 is 1.73 bits per heavy atom. The van der Waals surface area contributed by atoms with Crippen LogP contribution in [0, 0.1) is 17.8 Å². The summed E-state index contributed by atoms with van der Waals surface area (Å²) in [6, 6.07) is 14.4. The summed E-state index contributed by atoms with van der Waals surface area (Å²) in [7, 11) is 3.57. The van der Waals surface area contributed by atoms with Crippen molar-refractivity contribution in [3.05, 3.63) is 65.9 Å². The number of rotatable bonds is 14. The number of imidazole rings is 2. The lowest BCUT2D eigenvalue weighted by Gasteiger charge is -2.32. The molecule has 3 aromatic carbocycles. The molecule has 0 fully saturated rings. The molecule has 4 unspecified atom stereocenters. The van der Waals surface area contributed by atoms with Crippen LogP contribution in [-0.2, 0) is 20.9 Å². The third kappa shape index (κ3) is 8.88. The first-order valence-electron chi connectivity index (χ1n) is 20.1. The second-order valence-electron chi connectivity index (χ2n) is 17.2. The van der Waals surface area contributed by atoms with Crippen molar-refractivity contribution in [3.8, 4) is 28.1 Å². The maximum atomic E-state index is 13.4. The number of ether oxygens (including phenoxy) is 3. The predicted octanol–water partition coefficient (Wildman–Crippen LogP) is 10.2. The molecule has 0 spiro atoms. The van der Waals surface area contributed by atoms with Gasteiger partial charge in [-0.05, 0) is 98.2 Å². The SMILES string of the molecule is CCC(C)CC(=O)N(C)C(CC(C)C)c1ncc(-c2ccc3c(c2)COc2cc4c(ccc5[nH]c(C(C)N(CC(C)COC)C(=O)OC(C)(C)C)nc54)cc2-3)[nH]1. The Morgan fingerprint density at radius 1 is 0.964 bits per heavy atom. The monoisotopic (exact) mass is 764 g/mol. The average Bonchev–Trinajstić information content (AvgIpc) is 3.82. The van der Waals surface area contributed by atoms with Crippen LogP contribution in [0.15, 0.2) is 48.7 Å². The van der Waals surface area contributed by atoms with Gasteiger partial charge in [-0.15, -0.1) is 0 Å². The molecule has 5 aromatic rings. The van der Waals surface area contributed by atoms with E-state index in [9.17, 15) is 9.59 Å². The fourth-order valence-corrected chi connectivity index (χ4v) is 7.52. The highest BCUT2D eigenvalue weighted by atomic mass is 16.6. The number of carbonyl (C=O) groups is 2. The molecule has 0 radical (unpaired) electrons. The molecular formula is C45H60N6O5. The lowest BCUT2D eigenvalue weighted by atomic mass is 9.92. The normalized spacial score (nSPS) is 14.9. The first-order chi connectivity index (χ1) is 26.6. The van der Waals surface area contributed by atoms with E-state index >= 15 is 0 Å². The van der Waals surface area contributed by atoms with E-state index < -0.39 is 5.60 Å². The Hall–Kier alpha value is -4.90. The number of nitrogens with zero attached hydrogens (tertiary/aromatic N) is 4. The summed E-state index contributed by atoms with van der Waals surface area (Å²) in [5.41, 5.74) is 6.25. The lowest BCUT2D eigenvalue weighted by Crippen LogP contribution is -2.41. The van der Waals surface area contributed by atoms with Crippen LogP contribution >= 0.6 is 0 Å². The number of amides is 2. The maximum absolute atomic E-state index is 13.4. The fraction of sp³-hybridized carbons (Fsp3) is 0.511. The summed E-state index contributed by atoms with van der Waals surface area (Å²) in [6.45, 7) is 19.7. The first kappa shape index (κ1) is 40.8. The van der Waals surface area contributed by atoms with Gasteiger partial charge >= 0.3 is 6.09 Å². The van der Waals surface area contributed by atoms with Gasteiger partial charge < -0.3 is 29.1 Å². The van der Waals surface area contributed by atoms with Gasteiger partial charge in [0.25, 0.3) is 0 Å². The van der Waals surface area contributed by atoms with Crippen LogP contribution in [0.4, 0.5) is 4.79 Å². The van der Waals surface area contributed by atoms with E-state index in [2.05, 4.69) is 81.0 Å². The van der Waals surface area contributed by atoms with Crippen molar-refractivity contribution in [1.82, 2.24) is 29.7 Å². The topological polar surface area (TPSA) is 126 Å². The molecule has 6 rings (SSSR count). The van der Waals surface area contributed by atoms with Gasteiger partial charge in [-0.1, -0.05) is 59.2 Å². The summed E-state index contributed by atoms with van der Waals surface area (Å²) in [5.74, 6) is 3.28. The van der Waals surface area contributed by atoms with Crippen LogP contribution in [0.1, 0.15) is 111 Å². The number of aromatic amines is 2. The third-order valence-electron chi connectivity index (χ3n) is 10.8. The largest absolute Gasteiger partial charge is 0.488 e. The molecule has 0 bridgehead atoms. The molecule has 3 heterocycles. The van der Waals surface area contributed by atoms with Crippen LogP contribution in [0.25, 0.3) is 44.2 Å². The lowest BCUT2D eigenvalue weighted by molar-refractivity contribution is -0.133. The van der Waals surface area contributed by atoms with E-state index in [0.29, 0.717) is 43.8 Å². The molecule has 300 valence electrons. The molecular weight excluding hydrogens is 705 g/mol. The van der Waals surface area contributed by atoms with Gasteiger partial charge in [-0.25, -0.2) is 14.8 Å². The highest BCUT2D eigenvalue weighted by Gasteiger charge is 2.31. The molecule has 2 aromatic heterocycles. The molecule has 1 aliphatic heterocycles. The number of nitrogens with one attached hydrogen (secondary N) is 2. The van der Waals surface area contributed by atoms with Crippen molar-refractivity contribution >= 4 is 33.8 Å². The molecule has 2 amide bonds. The van der Waals surface area contributed by atoms with Gasteiger partial charge in [-0.3, -0.25) is 9.69 Å². The van der Waals surface area contributed by atoms with Gasteiger partial charge in [-0.2, -0.15) is 0 Å². The van der Waals surface area contributed by atoms with Crippen LogP contribution in [0.2, 0.25) is 0 Å². The number of carbonyl (C=O) groups excluding carboxylic acids is 2. The molecule has 0 saturated heterocycles. The summed E-state index contributed by atoms with van der Waals surface area (Å²) < 4.78 is 17.6. The number of H-pyrrole nitrogens is 2. The highest BCUT2D eigenvalue weighted by Crippen LogP contribution is 2.43. The summed E-state index contributed by atoms with van der Waals surface area (Å²) >= 11 is 0. The highest BCUT2D eigenvalue weighted by molar-refractivity contribution is 6.07. The van der Waals surface area contributed by atoms with Crippen molar-refractivity contribution in [2.75, 3.05) is 27.3 Å².